The van der Waals surface area contributed by atoms with Gasteiger partial charge in [0, 0.05) is 6.04 Å². The van der Waals surface area contributed by atoms with E-state index in [9.17, 15) is 9.90 Å². The lowest BCUT2D eigenvalue weighted by Gasteiger charge is -2.44. The Hall–Kier alpha value is -0.570. The lowest BCUT2D eigenvalue weighted by molar-refractivity contribution is -0.153. The molecule has 0 spiro atoms. The third kappa shape index (κ3) is 1.92. The number of hydrogen-bond acceptors (Lipinski definition) is 2. The van der Waals surface area contributed by atoms with E-state index in [1.807, 2.05) is 13.8 Å². The van der Waals surface area contributed by atoms with E-state index >= 15 is 0 Å². The fourth-order valence-electron chi connectivity index (χ4n) is 2.31. The zero-order valence-electron chi connectivity index (χ0n) is 9.42. The van der Waals surface area contributed by atoms with E-state index in [0.29, 0.717) is 12.5 Å². The first-order valence-electron chi connectivity index (χ1n) is 5.52. The smallest absolute Gasteiger partial charge is 0.323 e. The van der Waals surface area contributed by atoms with Crippen LogP contribution in [-0.2, 0) is 4.79 Å². The summed E-state index contributed by atoms with van der Waals surface area (Å²) >= 11 is 0. The Kier molecular flexibility index (Phi) is 3.53. The molecule has 0 radical (unpaired) electrons. The van der Waals surface area contributed by atoms with Crippen LogP contribution < -0.4 is 0 Å². The van der Waals surface area contributed by atoms with Gasteiger partial charge < -0.3 is 5.11 Å². The number of carbonyl (C=O) groups is 1. The van der Waals surface area contributed by atoms with Gasteiger partial charge in [0.05, 0.1) is 0 Å². The van der Waals surface area contributed by atoms with Gasteiger partial charge in [-0.2, -0.15) is 0 Å². The number of carboxylic acids is 1. The fraction of sp³-hybridized carbons (Fsp3) is 0.909. The van der Waals surface area contributed by atoms with Crippen molar-refractivity contribution in [3.63, 3.8) is 0 Å². The Morgan fingerprint density at radius 1 is 1.57 bits per heavy atom. The minimum Gasteiger partial charge on any atom is -0.480 e. The molecule has 1 rings (SSSR count). The zero-order valence-corrected chi connectivity index (χ0v) is 9.42. The molecular weight excluding hydrogens is 178 g/mol. The van der Waals surface area contributed by atoms with Crippen LogP contribution in [0, 0.1) is 0 Å². The molecule has 3 heteroatoms. The molecule has 0 aromatic carbocycles. The Balaban J connectivity index is 2.81. The molecule has 1 saturated heterocycles. The molecule has 1 aliphatic heterocycles. The van der Waals surface area contributed by atoms with Gasteiger partial charge in [-0.15, -0.1) is 0 Å². The predicted molar refractivity (Wildman–Crippen MR) is 56.4 cm³/mol. The second-order valence-electron chi connectivity index (χ2n) is 4.47. The van der Waals surface area contributed by atoms with Gasteiger partial charge >= 0.3 is 5.97 Å². The van der Waals surface area contributed by atoms with Crippen LogP contribution in [0.1, 0.15) is 46.5 Å². The first-order chi connectivity index (χ1) is 6.52. The maximum Gasteiger partial charge on any atom is 0.323 e. The van der Waals surface area contributed by atoms with E-state index < -0.39 is 11.5 Å². The van der Waals surface area contributed by atoms with Crippen molar-refractivity contribution in [2.75, 3.05) is 6.54 Å². The molecule has 0 saturated carbocycles. The molecule has 1 aliphatic rings. The van der Waals surface area contributed by atoms with Crippen molar-refractivity contribution < 1.29 is 9.90 Å². The summed E-state index contributed by atoms with van der Waals surface area (Å²) in [4.78, 5) is 13.4. The Labute approximate surface area is 86.1 Å². The van der Waals surface area contributed by atoms with E-state index in [-0.39, 0.29) is 0 Å². The second-order valence-corrected chi connectivity index (χ2v) is 4.47. The van der Waals surface area contributed by atoms with Gasteiger partial charge in [-0.3, -0.25) is 9.69 Å². The van der Waals surface area contributed by atoms with E-state index in [1.165, 1.54) is 6.42 Å². The van der Waals surface area contributed by atoms with Crippen LogP contribution in [0.3, 0.4) is 0 Å². The van der Waals surface area contributed by atoms with Crippen molar-refractivity contribution in [1.82, 2.24) is 4.90 Å². The number of nitrogens with zero attached hydrogens (tertiary/aromatic N) is 1. The molecule has 2 atom stereocenters. The number of hydrogen-bond donors (Lipinski definition) is 1. The minimum absolute atomic E-state index is 0.407. The van der Waals surface area contributed by atoms with Crippen LogP contribution >= 0.6 is 0 Å². The average molecular weight is 199 g/mol. The van der Waals surface area contributed by atoms with Crippen LogP contribution in [0.15, 0.2) is 0 Å². The summed E-state index contributed by atoms with van der Waals surface area (Å²) in [6.07, 6.45) is 4.17. The quantitative estimate of drug-likeness (QED) is 0.756. The van der Waals surface area contributed by atoms with E-state index in [1.54, 1.807) is 0 Å². The van der Waals surface area contributed by atoms with Gasteiger partial charge in [-0.25, -0.2) is 0 Å². The molecule has 3 nitrogen and oxygen atoms in total. The molecule has 1 N–H and O–H groups in total. The highest BCUT2D eigenvalue weighted by Crippen LogP contribution is 2.28. The van der Waals surface area contributed by atoms with Gasteiger partial charge in [0.15, 0.2) is 0 Å². The standard InChI is InChI=1S/C11H21NO2/c1-4-11(3,10(13)14)12-8-6-5-7-9(12)2/h9H,4-8H2,1-3H3,(H,13,14)/t9-,11+/m0/s1. The Morgan fingerprint density at radius 2 is 2.21 bits per heavy atom. The summed E-state index contributed by atoms with van der Waals surface area (Å²) < 4.78 is 0. The van der Waals surface area contributed by atoms with Crippen LogP contribution in [0.2, 0.25) is 0 Å². The van der Waals surface area contributed by atoms with Crippen LogP contribution in [0.25, 0.3) is 0 Å². The average Bonchev–Trinajstić information content (AvgIpc) is 2.17. The first kappa shape index (κ1) is 11.5. The first-order valence-corrected chi connectivity index (χ1v) is 5.52. The highest BCUT2D eigenvalue weighted by molar-refractivity contribution is 5.78. The second kappa shape index (κ2) is 4.30. The van der Waals surface area contributed by atoms with Gasteiger partial charge in [0.2, 0.25) is 0 Å². The van der Waals surface area contributed by atoms with Crippen molar-refractivity contribution in [2.45, 2.75) is 58.0 Å². The normalized spacial score (nSPS) is 28.4. The largest absolute Gasteiger partial charge is 0.480 e. The van der Waals surface area contributed by atoms with Crippen molar-refractivity contribution in [3.8, 4) is 0 Å². The van der Waals surface area contributed by atoms with E-state index in [0.717, 1.165) is 19.4 Å². The zero-order chi connectivity index (χ0) is 10.8. The van der Waals surface area contributed by atoms with Crippen molar-refractivity contribution in [2.24, 2.45) is 0 Å². The number of likely N-dealkylation sites (tertiary alicyclic amines) is 1. The third-order valence-corrected chi connectivity index (χ3v) is 3.59. The van der Waals surface area contributed by atoms with Gasteiger partial charge in [0.25, 0.3) is 0 Å². The van der Waals surface area contributed by atoms with Crippen molar-refractivity contribution >= 4 is 5.97 Å². The number of rotatable bonds is 3. The summed E-state index contributed by atoms with van der Waals surface area (Å²) in [5.41, 5.74) is -0.667. The Bertz CT molecular complexity index is 217. The van der Waals surface area contributed by atoms with E-state index in [4.69, 9.17) is 0 Å². The summed E-state index contributed by atoms with van der Waals surface area (Å²) in [6, 6.07) is 0.407. The topological polar surface area (TPSA) is 40.5 Å². The molecule has 1 heterocycles. The Morgan fingerprint density at radius 3 is 2.64 bits per heavy atom. The molecule has 0 unspecified atom stereocenters. The maximum absolute atomic E-state index is 11.3. The van der Waals surface area contributed by atoms with Crippen LogP contribution in [-0.4, -0.2) is 34.1 Å². The number of carboxylic acid groups (broad SMARTS) is 1. The lowest BCUT2D eigenvalue weighted by Crippen LogP contribution is -2.57. The summed E-state index contributed by atoms with van der Waals surface area (Å²) in [5.74, 6) is -0.686. The summed E-state index contributed by atoms with van der Waals surface area (Å²) in [6.45, 7) is 6.86. The maximum atomic E-state index is 11.3. The highest BCUT2D eigenvalue weighted by atomic mass is 16.4. The SMILES string of the molecule is CC[C@](C)(C(=O)O)N1CCCC[C@@H]1C. The predicted octanol–water partition coefficient (Wildman–Crippen LogP) is 2.11. The molecule has 0 bridgehead atoms. The molecule has 0 aromatic heterocycles. The molecule has 82 valence electrons. The van der Waals surface area contributed by atoms with Crippen LogP contribution in [0.5, 0.6) is 0 Å². The number of piperidine rings is 1. The van der Waals surface area contributed by atoms with Gasteiger partial charge in [0.1, 0.15) is 5.54 Å². The highest BCUT2D eigenvalue weighted by Gasteiger charge is 2.40. The molecule has 0 aliphatic carbocycles. The fourth-order valence-corrected chi connectivity index (χ4v) is 2.31. The van der Waals surface area contributed by atoms with Crippen molar-refractivity contribution in [1.29, 1.82) is 0 Å². The lowest BCUT2D eigenvalue weighted by atomic mass is 9.90. The minimum atomic E-state index is -0.686. The molecule has 0 aromatic rings. The molecule has 14 heavy (non-hydrogen) atoms. The van der Waals surface area contributed by atoms with Crippen LogP contribution in [0.4, 0.5) is 0 Å². The number of aliphatic carboxylic acids is 1. The van der Waals surface area contributed by atoms with Gasteiger partial charge in [-0.1, -0.05) is 13.3 Å². The van der Waals surface area contributed by atoms with Gasteiger partial charge in [-0.05, 0) is 39.7 Å². The van der Waals surface area contributed by atoms with E-state index in [2.05, 4.69) is 11.8 Å². The summed E-state index contributed by atoms with van der Waals surface area (Å²) in [7, 11) is 0. The molecule has 0 amide bonds. The molecular formula is C11H21NO2. The van der Waals surface area contributed by atoms with Crippen molar-refractivity contribution in [3.05, 3.63) is 0 Å². The monoisotopic (exact) mass is 199 g/mol. The third-order valence-electron chi connectivity index (χ3n) is 3.59. The summed E-state index contributed by atoms with van der Waals surface area (Å²) in [5, 5.41) is 9.26. The molecule has 1 fully saturated rings.